The van der Waals surface area contributed by atoms with E-state index >= 15 is 0 Å². The Balaban J connectivity index is 3.33. The molecule has 0 aliphatic carbocycles. The molecule has 0 aromatic carbocycles. The van der Waals surface area contributed by atoms with E-state index in [9.17, 15) is 18.0 Å². The van der Waals surface area contributed by atoms with Gasteiger partial charge in [-0.25, -0.2) is 4.79 Å². The molecule has 3 nitrogen and oxygen atoms in total. The van der Waals surface area contributed by atoms with Crippen molar-refractivity contribution in [2.45, 2.75) is 51.7 Å². The van der Waals surface area contributed by atoms with Crippen molar-refractivity contribution in [2.24, 2.45) is 5.41 Å². The first-order chi connectivity index (χ1) is 7.54. The Morgan fingerprint density at radius 3 is 2.06 bits per heavy atom. The predicted molar refractivity (Wildman–Crippen MR) is 56.8 cm³/mol. The van der Waals surface area contributed by atoms with E-state index in [1.807, 2.05) is 0 Å². The van der Waals surface area contributed by atoms with Crippen LogP contribution in [0.4, 0.5) is 18.0 Å². The van der Waals surface area contributed by atoms with Gasteiger partial charge in [-0.2, -0.15) is 13.2 Å². The molecular formula is C11H18F3NO2. The zero-order chi connectivity index (χ0) is 13.5. The molecule has 1 amide bonds. The summed E-state index contributed by atoms with van der Waals surface area (Å²) in [6.07, 6.45) is -5.31. The smallest absolute Gasteiger partial charge is 0.412 e. The van der Waals surface area contributed by atoms with Gasteiger partial charge in [0.25, 0.3) is 0 Å². The van der Waals surface area contributed by atoms with E-state index in [4.69, 9.17) is 5.11 Å². The number of alkyl halides is 3. The number of carbonyl (C=O) groups is 1. The van der Waals surface area contributed by atoms with E-state index in [2.05, 4.69) is 0 Å². The van der Waals surface area contributed by atoms with Gasteiger partial charge in [0.05, 0.1) is 0 Å². The van der Waals surface area contributed by atoms with Crippen molar-refractivity contribution >= 4 is 6.09 Å². The quantitative estimate of drug-likeness (QED) is 0.717. The van der Waals surface area contributed by atoms with E-state index in [1.165, 1.54) is 20.8 Å². The zero-order valence-corrected chi connectivity index (χ0v) is 10.3. The molecule has 0 aromatic heterocycles. The lowest BCUT2D eigenvalue weighted by molar-refractivity contribution is -0.265. The molecule has 1 aliphatic heterocycles. The monoisotopic (exact) mass is 253 g/mol. The van der Waals surface area contributed by atoms with Gasteiger partial charge in [-0.3, -0.25) is 4.90 Å². The molecule has 1 fully saturated rings. The van der Waals surface area contributed by atoms with Crippen molar-refractivity contribution in [3.63, 3.8) is 0 Å². The van der Waals surface area contributed by atoms with Crippen molar-refractivity contribution in [3.8, 4) is 0 Å². The Morgan fingerprint density at radius 2 is 1.76 bits per heavy atom. The lowest BCUT2D eigenvalue weighted by Crippen LogP contribution is -2.68. The standard InChI is InChI=1S/C11H18F3NO2/c1-9(2,3)10(11(12,13)14)6-4-5-7-15(10)8(16)17/h4-7H2,1-3H3,(H,16,17). The SMILES string of the molecule is CC(C)(C)C1(C(F)(F)F)CCCCN1C(=O)O. The van der Waals surface area contributed by atoms with Crippen molar-refractivity contribution in [3.05, 3.63) is 0 Å². The third-order valence-corrected chi connectivity index (χ3v) is 3.57. The van der Waals surface area contributed by atoms with Crippen LogP contribution >= 0.6 is 0 Å². The maximum atomic E-state index is 13.4. The maximum Gasteiger partial charge on any atom is 0.412 e. The average molecular weight is 253 g/mol. The predicted octanol–water partition coefficient (Wildman–Crippen LogP) is 3.50. The summed E-state index contributed by atoms with van der Waals surface area (Å²) in [5.41, 5.74) is -3.45. The topological polar surface area (TPSA) is 40.5 Å². The second-order valence-electron chi connectivity index (χ2n) is 5.50. The minimum absolute atomic E-state index is 0.0495. The first-order valence-electron chi connectivity index (χ1n) is 5.61. The maximum absolute atomic E-state index is 13.4. The van der Waals surface area contributed by atoms with Crippen molar-refractivity contribution in [1.29, 1.82) is 0 Å². The van der Waals surface area contributed by atoms with Gasteiger partial charge in [-0.1, -0.05) is 20.8 Å². The summed E-state index contributed by atoms with van der Waals surface area (Å²) in [6, 6.07) is 0. The van der Waals surface area contributed by atoms with E-state index in [1.54, 1.807) is 0 Å². The van der Waals surface area contributed by atoms with E-state index in [-0.39, 0.29) is 13.0 Å². The molecule has 0 saturated carbocycles. The molecule has 0 spiro atoms. The minimum atomic E-state index is -4.55. The normalized spacial score (nSPS) is 27.1. The van der Waals surface area contributed by atoms with Crippen LogP contribution in [0.3, 0.4) is 0 Å². The van der Waals surface area contributed by atoms with Gasteiger partial charge < -0.3 is 5.11 Å². The molecule has 1 rings (SSSR count). The van der Waals surface area contributed by atoms with Crippen molar-refractivity contribution in [1.82, 2.24) is 4.90 Å². The molecule has 1 heterocycles. The number of hydrogen-bond acceptors (Lipinski definition) is 1. The molecule has 0 radical (unpaired) electrons. The van der Waals surface area contributed by atoms with Gasteiger partial charge in [0.2, 0.25) is 0 Å². The summed E-state index contributed by atoms with van der Waals surface area (Å²) in [5.74, 6) is 0. The second kappa shape index (κ2) is 4.07. The Labute approximate surface area is 98.6 Å². The van der Waals surface area contributed by atoms with Gasteiger partial charge in [0, 0.05) is 6.54 Å². The van der Waals surface area contributed by atoms with Crippen LogP contribution in [0.25, 0.3) is 0 Å². The fraction of sp³-hybridized carbons (Fsp3) is 0.909. The summed E-state index contributed by atoms with van der Waals surface area (Å²) in [4.78, 5) is 11.7. The Hall–Kier alpha value is -0.940. The Bertz CT molecular complexity index is 293. The van der Waals surface area contributed by atoms with Crippen LogP contribution in [-0.4, -0.2) is 34.4 Å². The summed E-state index contributed by atoms with van der Waals surface area (Å²) in [6.45, 7) is 4.29. The van der Waals surface area contributed by atoms with Crippen LogP contribution in [0.2, 0.25) is 0 Å². The van der Waals surface area contributed by atoms with Gasteiger partial charge in [0.15, 0.2) is 0 Å². The lowest BCUT2D eigenvalue weighted by atomic mass is 9.67. The van der Waals surface area contributed by atoms with E-state index < -0.39 is 23.2 Å². The van der Waals surface area contributed by atoms with Gasteiger partial charge in [-0.05, 0) is 24.7 Å². The number of nitrogens with zero attached hydrogens (tertiary/aromatic N) is 1. The number of piperidine rings is 1. The molecule has 100 valence electrons. The highest BCUT2D eigenvalue weighted by molar-refractivity contribution is 5.67. The molecule has 1 atom stereocenters. The molecule has 0 bridgehead atoms. The fourth-order valence-electron chi connectivity index (χ4n) is 2.74. The van der Waals surface area contributed by atoms with Gasteiger partial charge in [-0.15, -0.1) is 0 Å². The number of rotatable bonds is 0. The van der Waals surface area contributed by atoms with E-state index in [0.29, 0.717) is 17.7 Å². The molecule has 1 N–H and O–H groups in total. The third kappa shape index (κ3) is 2.09. The highest BCUT2D eigenvalue weighted by atomic mass is 19.4. The number of halogens is 3. The number of hydrogen-bond donors (Lipinski definition) is 1. The van der Waals surface area contributed by atoms with Crippen LogP contribution in [0.15, 0.2) is 0 Å². The molecule has 1 unspecified atom stereocenters. The van der Waals surface area contributed by atoms with Gasteiger partial charge >= 0.3 is 12.3 Å². The van der Waals surface area contributed by atoms with Crippen LogP contribution < -0.4 is 0 Å². The molecule has 17 heavy (non-hydrogen) atoms. The van der Waals surface area contributed by atoms with Crippen LogP contribution in [-0.2, 0) is 0 Å². The molecule has 6 heteroatoms. The fourth-order valence-corrected chi connectivity index (χ4v) is 2.74. The number of carboxylic acid groups (broad SMARTS) is 1. The van der Waals surface area contributed by atoms with E-state index in [0.717, 1.165) is 0 Å². The highest BCUT2D eigenvalue weighted by Crippen LogP contribution is 2.52. The summed E-state index contributed by atoms with van der Waals surface area (Å²) < 4.78 is 40.2. The molecule has 1 aliphatic rings. The lowest BCUT2D eigenvalue weighted by Gasteiger charge is -2.53. The molecule has 0 aromatic rings. The zero-order valence-electron chi connectivity index (χ0n) is 10.3. The first-order valence-corrected chi connectivity index (χ1v) is 5.61. The summed E-state index contributed by atoms with van der Waals surface area (Å²) >= 11 is 0. The minimum Gasteiger partial charge on any atom is -0.465 e. The number of amides is 1. The Morgan fingerprint density at radius 1 is 1.24 bits per heavy atom. The number of likely N-dealkylation sites (tertiary alicyclic amines) is 1. The Kier molecular flexibility index (Phi) is 3.38. The van der Waals surface area contributed by atoms with Crippen LogP contribution in [0, 0.1) is 5.41 Å². The molecular weight excluding hydrogens is 235 g/mol. The third-order valence-electron chi connectivity index (χ3n) is 3.57. The first kappa shape index (κ1) is 14.1. The van der Waals surface area contributed by atoms with Gasteiger partial charge in [0.1, 0.15) is 5.54 Å². The summed E-state index contributed by atoms with van der Waals surface area (Å²) in [5, 5.41) is 9.03. The van der Waals surface area contributed by atoms with Crippen molar-refractivity contribution < 1.29 is 23.1 Å². The highest BCUT2D eigenvalue weighted by Gasteiger charge is 2.66. The van der Waals surface area contributed by atoms with Crippen LogP contribution in [0.1, 0.15) is 40.0 Å². The largest absolute Gasteiger partial charge is 0.465 e. The van der Waals surface area contributed by atoms with Crippen molar-refractivity contribution in [2.75, 3.05) is 6.54 Å². The summed E-state index contributed by atoms with van der Waals surface area (Å²) in [7, 11) is 0. The molecule has 1 saturated heterocycles. The second-order valence-corrected chi connectivity index (χ2v) is 5.50. The van der Waals surface area contributed by atoms with Crippen LogP contribution in [0.5, 0.6) is 0 Å². The average Bonchev–Trinajstić information content (AvgIpc) is 2.14.